The van der Waals surface area contributed by atoms with Crippen LogP contribution in [0, 0.1) is 6.92 Å². The number of para-hydroxylation sites is 1. The fourth-order valence-corrected chi connectivity index (χ4v) is 1.63. The van der Waals surface area contributed by atoms with Crippen molar-refractivity contribution < 1.29 is 4.74 Å². The molecule has 3 heteroatoms. The lowest BCUT2D eigenvalue weighted by atomic mass is 10.3. The van der Waals surface area contributed by atoms with Crippen molar-refractivity contribution in [2.45, 2.75) is 13.3 Å². The van der Waals surface area contributed by atoms with Gasteiger partial charge in [0.2, 0.25) is 0 Å². The fourth-order valence-electron chi connectivity index (χ4n) is 1.63. The predicted octanol–water partition coefficient (Wildman–Crippen LogP) is 3.27. The van der Waals surface area contributed by atoms with E-state index < -0.39 is 0 Å². The Morgan fingerprint density at radius 1 is 1.17 bits per heavy atom. The molecule has 0 amide bonds. The van der Waals surface area contributed by atoms with E-state index >= 15 is 0 Å². The van der Waals surface area contributed by atoms with Gasteiger partial charge < -0.3 is 10.1 Å². The normalized spacial score (nSPS) is 10.1. The molecule has 0 fully saturated rings. The van der Waals surface area contributed by atoms with Crippen molar-refractivity contribution in [1.82, 2.24) is 4.98 Å². The number of hydrogen-bond acceptors (Lipinski definition) is 3. The van der Waals surface area contributed by atoms with Gasteiger partial charge in [-0.25, -0.2) is 4.98 Å². The van der Waals surface area contributed by atoms with Gasteiger partial charge in [0, 0.05) is 12.7 Å². The molecule has 0 aliphatic carbocycles. The number of aryl methyl sites for hydroxylation is 1. The number of anilines is 1. The molecule has 2 rings (SSSR count). The molecule has 1 aromatic heterocycles. The molecule has 1 aromatic carbocycles. The quantitative estimate of drug-likeness (QED) is 0.789. The van der Waals surface area contributed by atoms with E-state index in [-0.39, 0.29) is 0 Å². The first-order valence-corrected chi connectivity index (χ1v) is 6.19. The summed E-state index contributed by atoms with van der Waals surface area (Å²) in [5, 5.41) is 3.28. The van der Waals surface area contributed by atoms with Gasteiger partial charge in [-0.05, 0) is 43.2 Å². The van der Waals surface area contributed by atoms with E-state index in [1.807, 2.05) is 48.7 Å². The van der Waals surface area contributed by atoms with Crippen LogP contribution in [0.3, 0.4) is 0 Å². The minimum absolute atomic E-state index is 0.711. The van der Waals surface area contributed by atoms with Gasteiger partial charge in [-0.2, -0.15) is 0 Å². The van der Waals surface area contributed by atoms with Crippen molar-refractivity contribution in [3.05, 3.63) is 54.2 Å². The Balaban J connectivity index is 1.65. The molecule has 18 heavy (non-hydrogen) atoms. The topological polar surface area (TPSA) is 34.2 Å². The SMILES string of the molecule is Cc1ccnc(NCCCOc2ccccc2)c1. The van der Waals surface area contributed by atoms with Gasteiger partial charge in [-0.3, -0.25) is 0 Å². The molecule has 0 saturated heterocycles. The van der Waals surface area contributed by atoms with Crippen LogP contribution in [0.2, 0.25) is 0 Å². The van der Waals surface area contributed by atoms with Crippen LogP contribution in [0.25, 0.3) is 0 Å². The Morgan fingerprint density at radius 2 is 2.00 bits per heavy atom. The molecule has 0 aliphatic rings. The van der Waals surface area contributed by atoms with Crippen LogP contribution in [0.1, 0.15) is 12.0 Å². The van der Waals surface area contributed by atoms with Crippen LogP contribution < -0.4 is 10.1 Å². The number of pyridine rings is 1. The molecule has 0 spiro atoms. The summed E-state index contributed by atoms with van der Waals surface area (Å²) in [4.78, 5) is 4.24. The zero-order valence-electron chi connectivity index (χ0n) is 10.6. The number of benzene rings is 1. The van der Waals surface area contributed by atoms with Gasteiger partial charge in [0.1, 0.15) is 11.6 Å². The average molecular weight is 242 g/mol. The summed E-state index contributed by atoms with van der Waals surface area (Å²) in [6, 6.07) is 13.9. The molecule has 1 N–H and O–H groups in total. The van der Waals surface area contributed by atoms with E-state index in [0.29, 0.717) is 6.61 Å². The van der Waals surface area contributed by atoms with E-state index in [2.05, 4.69) is 17.2 Å². The summed E-state index contributed by atoms with van der Waals surface area (Å²) in [5.74, 6) is 1.85. The summed E-state index contributed by atoms with van der Waals surface area (Å²) in [7, 11) is 0. The second-order valence-electron chi connectivity index (χ2n) is 4.16. The lowest BCUT2D eigenvalue weighted by Crippen LogP contribution is -2.08. The highest BCUT2D eigenvalue weighted by molar-refractivity contribution is 5.36. The number of nitrogens with one attached hydrogen (secondary N) is 1. The monoisotopic (exact) mass is 242 g/mol. The smallest absolute Gasteiger partial charge is 0.126 e. The van der Waals surface area contributed by atoms with Crippen molar-refractivity contribution >= 4 is 5.82 Å². The molecule has 94 valence electrons. The van der Waals surface area contributed by atoms with Crippen LogP contribution in [0.15, 0.2) is 48.7 Å². The lowest BCUT2D eigenvalue weighted by Gasteiger charge is -2.07. The third kappa shape index (κ3) is 4.09. The van der Waals surface area contributed by atoms with Crippen LogP contribution in [-0.4, -0.2) is 18.1 Å². The lowest BCUT2D eigenvalue weighted by molar-refractivity contribution is 0.315. The van der Waals surface area contributed by atoms with Gasteiger partial charge >= 0.3 is 0 Å². The zero-order chi connectivity index (χ0) is 12.6. The molecule has 1 heterocycles. The van der Waals surface area contributed by atoms with E-state index in [4.69, 9.17) is 4.74 Å². The Bertz CT molecular complexity index is 471. The average Bonchev–Trinajstić information content (AvgIpc) is 2.40. The Labute approximate surface area is 108 Å². The first-order chi connectivity index (χ1) is 8.84. The highest BCUT2D eigenvalue weighted by Crippen LogP contribution is 2.09. The molecule has 0 unspecified atom stereocenters. The van der Waals surface area contributed by atoms with E-state index in [9.17, 15) is 0 Å². The van der Waals surface area contributed by atoms with Crippen LogP contribution in [0.5, 0.6) is 5.75 Å². The number of hydrogen-bond donors (Lipinski definition) is 1. The maximum absolute atomic E-state index is 5.61. The molecule has 3 nitrogen and oxygen atoms in total. The molecule has 0 saturated carbocycles. The van der Waals surface area contributed by atoms with E-state index in [1.165, 1.54) is 5.56 Å². The van der Waals surface area contributed by atoms with E-state index in [0.717, 1.165) is 24.5 Å². The van der Waals surface area contributed by atoms with Gasteiger partial charge in [-0.15, -0.1) is 0 Å². The maximum Gasteiger partial charge on any atom is 0.126 e. The molecule has 0 atom stereocenters. The summed E-state index contributed by atoms with van der Waals surface area (Å²) in [6.07, 6.45) is 2.77. The standard InChI is InChI=1S/C15H18N2O/c1-13-8-10-17-15(12-13)16-9-5-11-18-14-6-3-2-4-7-14/h2-4,6-8,10,12H,5,9,11H2,1H3,(H,16,17). The minimum atomic E-state index is 0.711. The largest absolute Gasteiger partial charge is 0.494 e. The van der Waals surface area contributed by atoms with Crippen molar-refractivity contribution in [2.75, 3.05) is 18.5 Å². The Kier molecular flexibility index (Phi) is 4.59. The van der Waals surface area contributed by atoms with Crippen molar-refractivity contribution in [1.29, 1.82) is 0 Å². The second-order valence-corrected chi connectivity index (χ2v) is 4.16. The number of rotatable bonds is 6. The van der Waals surface area contributed by atoms with Gasteiger partial charge in [0.05, 0.1) is 6.61 Å². The number of nitrogens with zero attached hydrogens (tertiary/aromatic N) is 1. The molecule has 0 bridgehead atoms. The number of ether oxygens (including phenoxy) is 1. The molecule has 2 aromatic rings. The van der Waals surface area contributed by atoms with Crippen LogP contribution in [-0.2, 0) is 0 Å². The molecular formula is C15H18N2O. The number of aromatic nitrogens is 1. The summed E-state index contributed by atoms with van der Waals surface area (Å²) in [5.41, 5.74) is 1.22. The molecule has 0 aliphatic heterocycles. The van der Waals surface area contributed by atoms with Crippen molar-refractivity contribution in [2.24, 2.45) is 0 Å². The van der Waals surface area contributed by atoms with Gasteiger partial charge in [0.15, 0.2) is 0 Å². The highest BCUT2D eigenvalue weighted by atomic mass is 16.5. The fraction of sp³-hybridized carbons (Fsp3) is 0.267. The first kappa shape index (κ1) is 12.4. The van der Waals surface area contributed by atoms with Crippen LogP contribution >= 0.6 is 0 Å². The summed E-state index contributed by atoms with van der Waals surface area (Å²) in [6.45, 7) is 3.64. The Morgan fingerprint density at radius 3 is 2.78 bits per heavy atom. The van der Waals surface area contributed by atoms with E-state index in [1.54, 1.807) is 0 Å². The predicted molar refractivity (Wildman–Crippen MR) is 74.0 cm³/mol. The second kappa shape index (κ2) is 6.64. The van der Waals surface area contributed by atoms with Crippen molar-refractivity contribution in [3.63, 3.8) is 0 Å². The minimum Gasteiger partial charge on any atom is -0.494 e. The third-order valence-corrected chi connectivity index (χ3v) is 2.55. The first-order valence-electron chi connectivity index (χ1n) is 6.19. The molecule has 0 radical (unpaired) electrons. The maximum atomic E-state index is 5.61. The van der Waals surface area contributed by atoms with Gasteiger partial charge in [0.25, 0.3) is 0 Å². The third-order valence-electron chi connectivity index (χ3n) is 2.55. The summed E-state index contributed by atoms with van der Waals surface area (Å²) >= 11 is 0. The zero-order valence-corrected chi connectivity index (χ0v) is 10.6. The van der Waals surface area contributed by atoms with Crippen molar-refractivity contribution in [3.8, 4) is 5.75 Å². The highest BCUT2D eigenvalue weighted by Gasteiger charge is 1.94. The Hall–Kier alpha value is -2.03. The molecular weight excluding hydrogens is 224 g/mol. The van der Waals surface area contributed by atoms with Crippen LogP contribution in [0.4, 0.5) is 5.82 Å². The van der Waals surface area contributed by atoms with Gasteiger partial charge in [-0.1, -0.05) is 18.2 Å². The summed E-state index contributed by atoms with van der Waals surface area (Å²) < 4.78 is 5.61.